The molecule has 0 heterocycles. The molecule has 0 aliphatic rings. The van der Waals surface area contributed by atoms with E-state index in [1.165, 1.54) is 32.9 Å². The van der Waals surface area contributed by atoms with Crippen molar-refractivity contribution < 1.29 is 36.6 Å². The van der Waals surface area contributed by atoms with E-state index in [4.69, 9.17) is 10.2 Å². The van der Waals surface area contributed by atoms with Crippen molar-refractivity contribution in [1.29, 1.82) is 0 Å². The smallest absolute Gasteiger partial charge is 0.303 e. The molecule has 0 fully saturated rings. The minimum absolute atomic E-state index is 0.00356. The second kappa shape index (κ2) is 15.6. The first-order valence-electron chi connectivity index (χ1n) is 12.6. The van der Waals surface area contributed by atoms with Crippen LogP contribution in [0.2, 0.25) is 0 Å². The van der Waals surface area contributed by atoms with Crippen molar-refractivity contribution >= 4 is 32.0 Å². The molecule has 0 radical (unpaired) electrons. The Morgan fingerprint density at radius 3 is 1.18 bits per heavy atom. The van der Waals surface area contributed by atoms with Gasteiger partial charge in [0.15, 0.2) is 0 Å². The zero-order valence-corrected chi connectivity index (χ0v) is 22.9. The van der Waals surface area contributed by atoms with Crippen molar-refractivity contribution in [2.24, 2.45) is 0 Å². The average molecular weight is 569 g/mol. The average Bonchev–Trinajstić information content (AvgIpc) is 2.89. The number of sulfonamides is 2. The van der Waals surface area contributed by atoms with Crippen molar-refractivity contribution in [1.82, 2.24) is 8.61 Å². The number of nitrogens with zero attached hydrogens (tertiary/aromatic N) is 2. The van der Waals surface area contributed by atoms with Gasteiger partial charge >= 0.3 is 11.9 Å². The lowest BCUT2D eigenvalue weighted by Crippen LogP contribution is -2.42. The number of benzene rings is 2. The van der Waals surface area contributed by atoms with E-state index in [9.17, 15) is 26.4 Å². The van der Waals surface area contributed by atoms with E-state index in [-0.39, 0.29) is 48.8 Å². The molecule has 0 unspecified atom stereocenters. The molecule has 2 aromatic carbocycles. The summed E-state index contributed by atoms with van der Waals surface area (Å²) in [7, 11) is -7.84. The molecule has 210 valence electrons. The van der Waals surface area contributed by atoms with E-state index >= 15 is 0 Å². The lowest BCUT2D eigenvalue weighted by Gasteiger charge is -2.27. The van der Waals surface area contributed by atoms with Gasteiger partial charge in [0.05, 0.1) is 9.79 Å². The van der Waals surface area contributed by atoms with Crippen molar-refractivity contribution in [3.63, 3.8) is 0 Å². The van der Waals surface area contributed by atoms with Crippen LogP contribution in [0.4, 0.5) is 0 Å². The molecule has 2 N–H and O–H groups in total. The first kappa shape index (κ1) is 31.4. The highest BCUT2D eigenvalue weighted by Crippen LogP contribution is 2.20. The van der Waals surface area contributed by atoms with Crippen LogP contribution in [-0.2, 0) is 29.6 Å². The monoisotopic (exact) mass is 568 g/mol. The van der Waals surface area contributed by atoms with E-state index in [0.29, 0.717) is 38.5 Å². The lowest BCUT2D eigenvalue weighted by atomic mass is 10.2. The third kappa shape index (κ3) is 10.2. The Balaban J connectivity index is 2.21. The molecule has 0 aromatic heterocycles. The first-order valence-corrected chi connectivity index (χ1v) is 15.5. The van der Waals surface area contributed by atoms with Crippen LogP contribution in [0.25, 0.3) is 0 Å². The van der Waals surface area contributed by atoms with Gasteiger partial charge in [-0.3, -0.25) is 9.59 Å². The van der Waals surface area contributed by atoms with Gasteiger partial charge < -0.3 is 10.2 Å². The molecule has 0 saturated heterocycles. The Morgan fingerprint density at radius 1 is 0.526 bits per heavy atom. The number of hydrogen-bond acceptors (Lipinski definition) is 6. The van der Waals surface area contributed by atoms with Crippen LogP contribution < -0.4 is 0 Å². The summed E-state index contributed by atoms with van der Waals surface area (Å²) in [6.45, 7) is 0.0675. The highest BCUT2D eigenvalue weighted by Gasteiger charge is 2.28. The molecule has 38 heavy (non-hydrogen) atoms. The molecule has 0 aliphatic carbocycles. The van der Waals surface area contributed by atoms with Gasteiger partial charge in [-0.1, -0.05) is 49.2 Å². The fourth-order valence-electron chi connectivity index (χ4n) is 3.89. The number of hydrogen-bond donors (Lipinski definition) is 2. The molecule has 0 spiro atoms. The van der Waals surface area contributed by atoms with Crippen LogP contribution in [0.3, 0.4) is 0 Å². The summed E-state index contributed by atoms with van der Waals surface area (Å²) in [6.07, 6.45) is 2.72. The van der Waals surface area contributed by atoms with Gasteiger partial charge in [0.25, 0.3) is 0 Å². The minimum Gasteiger partial charge on any atom is -0.481 e. The second-order valence-corrected chi connectivity index (χ2v) is 12.7. The molecule has 0 bridgehead atoms. The summed E-state index contributed by atoms with van der Waals surface area (Å²) in [5.74, 6) is -1.83. The molecular weight excluding hydrogens is 532 g/mol. The lowest BCUT2D eigenvalue weighted by molar-refractivity contribution is -0.138. The summed E-state index contributed by atoms with van der Waals surface area (Å²) in [6, 6.07) is 15.8. The summed E-state index contributed by atoms with van der Waals surface area (Å²) < 4.78 is 56.1. The Bertz CT molecular complexity index is 1120. The molecular formula is C26H36N2O8S2. The van der Waals surface area contributed by atoms with Crippen LogP contribution in [0, 0.1) is 0 Å². The van der Waals surface area contributed by atoms with Crippen LogP contribution in [0.15, 0.2) is 70.5 Å². The summed E-state index contributed by atoms with van der Waals surface area (Å²) in [5, 5.41) is 17.7. The first-order chi connectivity index (χ1) is 18.0. The third-order valence-corrected chi connectivity index (χ3v) is 9.78. The van der Waals surface area contributed by atoms with E-state index in [1.807, 2.05) is 0 Å². The maximum absolute atomic E-state index is 13.4. The number of aliphatic carboxylic acids is 2. The van der Waals surface area contributed by atoms with Gasteiger partial charge in [-0.05, 0) is 49.9 Å². The maximum Gasteiger partial charge on any atom is 0.303 e. The zero-order valence-electron chi connectivity index (χ0n) is 21.3. The van der Waals surface area contributed by atoms with Crippen molar-refractivity contribution in [3.8, 4) is 0 Å². The van der Waals surface area contributed by atoms with Gasteiger partial charge in [0, 0.05) is 39.0 Å². The maximum atomic E-state index is 13.4. The van der Waals surface area contributed by atoms with Gasteiger partial charge in [0.1, 0.15) is 0 Å². The molecule has 0 atom stereocenters. The fourth-order valence-corrected chi connectivity index (χ4v) is 6.87. The topological polar surface area (TPSA) is 149 Å². The number of rotatable bonds is 19. The predicted octanol–water partition coefficient (Wildman–Crippen LogP) is 3.66. The van der Waals surface area contributed by atoms with Crippen molar-refractivity contribution in [3.05, 3.63) is 60.7 Å². The Kier molecular flexibility index (Phi) is 12.9. The molecule has 10 nitrogen and oxygen atoms in total. The normalized spacial score (nSPS) is 12.2. The zero-order chi connectivity index (χ0) is 28.0. The van der Waals surface area contributed by atoms with Gasteiger partial charge in [-0.25, -0.2) is 16.8 Å². The number of carbonyl (C=O) groups is 2. The number of carboxylic acid groups (broad SMARTS) is 2. The van der Waals surface area contributed by atoms with Gasteiger partial charge in [-0.15, -0.1) is 0 Å². The number of carboxylic acids is 2. The van der Waals surface area contributed by atoms with Gasteiger partial charge in [-0.2, -0.15) is 8.61 Å². The van der Waals surface area contributed by atoms with Crippen LogP contribution >= 0.6 is 0 Å². The van der Waals surface area contributed by atoms with E-state index in [0.717, 1.165) is 0 Å². The van der Waals surface area contributed by atoms with Crippen LogP contribution in [0.1, 0.15) is 51.4 Å². The molecule has 2 aromatic rings. The number of unbranched alkanes of at least 4 members (excludes halogenated alkanes) is 4. The Morgan fingerprint density at radius 2 is 0.868 bits per heavy atom. The van der Waals surface area contributed by atoms with E-state index < -0.39 is 32.0 Å². The standard InChI is InChI=1S/C26H36N2O8S2/c29-25(30)17-9-3-11-19-27(37(33,34)23-13-5-1-6-14-23)21-22-28(20-12-4-10-18-26(31)32)38(35,36)24-15-7-2-8-16-24/h1-2,5-8,13-16H,3-4,9-12,17-22H2,(H,29,30)(H,31,32). The van der Waals surface area contributed by atoms with Crippen LogP contribution in [0.5, 0.6) is 0 Å². The van der Waals surface area contributed by atoms with E-state index in [1.54, 1.807) is 36.4 Å². The molecule has 0 saturated carbocycles. The fraction of sp³-hybridized carbons (Fsp3) is 0.462. The second-order valence-electron chi connectivity index (χ2n) is 8.84. The summed E-state index contributed by atoms with van der Waals surface area (Å²) >= 11 is 0. The SMILES string of the molecule is O=C(O)CCCCCN(CCN(CCCCCC(=O)O)S(=O)(=O)c1ccccc1)S(=O)(=O)c1ccccc1. The molecule has 12 heteroatoms. The van der Waals surface area contributed by atoms with Crippen LogP contribution in [-0.4, -0.2) is 73.8 Å². The molecule has 0 aliphatic heterocycles. The molecule has 2 rings (SSSR count). The van der Waals surface area contributed by atoms with Gasteiger partial charge in [0.2, 0.25) is 20.0 Å². The predicted molar refractivity (Wildman–Crippen MR) is 143 cm³/mol. The highest BCUT2D eigenvalue weighted by molar-refractivity contribution is 7.89. The Labute approximate surface area is 225 Å². The van der Waals surface area contributed by atoms with Crippen molar-refractivity contribution in [2.75, 3.05) is 26.2 Å². The Hall–Kier alpha value is -2.80. The summed E-state index contributed by atoms with van der Waals surface area (Å²) in [4.78, 5) is 21.8. The van der Waals surface area contributed by atoms with Crippen molar-refractivity contribution in [2.45, 2.75) is 61.2 Å². The van der Waals surface area contributed by atoms with E-state index in [2.05, 4.69) is 0 Å². The molecule has 0 amide bonds. The largest absolute Gasteiger partial charge is 0.481 e. The quantitative estimate of drug-likeness (QED) is 0.244. The minimum atomic E-state index is -3.92. The highest BCUT2D eigenvalue weighted by atomic mass is 32.2. The summed E-state index contributed by atoms with van der Waals surface area (Å²) in [5.41, 5.74) is 0. The third-order valence-electron chi connectivity index (χ3n) is 5.96.